The van der Waals surface area contributed by atoms with E-state index in [9.17, 15) is 9.90 Å². The van der Waals surface area contributed by atoms with E-state index in [1.54, 1.807) is 36.4 Å². The van der Waals surface area contributed by atoms with Gasteiger partial charge in [0, 0.05) is 17.8 Å². The van der Waals surface area contributed by atoms with Gasteiger partial charge >= 0.3 is 6.09 Å². The minimum absolute atomic E-state index is 0.00218. The van der Waals surface area contributed by atoms with Crippen molar-refractivity contribution in [1.29, 1.82) is 0 Å². The maximum absolute atomic E-state index is 11.2. The molecule has 0 aliphatic rings. The van der Waals surface area contributed by atoms with Gasteiger partial charge in [-0.2, -0.15) is 4.80 Å². The van der Waals surface area contributed by atoms with Crippen LogP contribution in [0.3, 0.4) is 0 Å². The van der Waals surface area contributed by atoms with Crippen molar-refractivity contribution in [3.05, 3.63) is 47.6 Å². The number of halogens is 1. The van der Waals surface area contributed by atoms with Gasteiger partial charge in [0.1, 0.15) is 12.3 Å². The zero-order valence-corrected chi connectivity index (χ0v) is 18.0. The normalized spacial score (nSPS) is 13.5. The molecule has 3 rings (SSSR count). The van der Waals surface area contributed by atoms with Gasteiger partial charge < -0.3 is 20.3 Å². The van der Waals surface area contributed by atoms with E-state index in [4.69, 9.17) is 26.8 Å². The van der Waals surface area contributed by atoms with E-state index in [0.29, 0.717) is 28.0 Å². The number of pyridine rings is 1. The van der Waals surface area contributed by atoms with Crippen LogP contribution < -0.4 is 10.5 Å². The maximum atomic E-state index is 11.2. The Morgan fingerprint density at radius 1 is 1.23 bits per heavy atom. The second-order valence-electron chi connectivity index (χ2n) is 7.90. The second-order valence-corrected chi connectivity index (χ2v) is 8.33. The van der Waals surface area contributed by atoms with Gasteiger partial charge in [0.15, 0.2) is 6.10 Å². The molecule has 2 aromatic heterocycles. The van der Waals surface area contributed by atoms with E-state index in [-0.39, 0.29) is 6.54 Å². The highest BCUT2D eigenvalue weighted by molar-refractivity contribution is 6.30. The molecular formula is C20H23ClN6O4. The standard InChI is InChI=1S/C20H23ClN6O4/c1-20(2,3)17(28)15(31-19(22)29)11-27-25-18(24-26-27)12-4-7-14(8-5-12)30-16-9-6-13(21)10-23-16/h4-10,15,17,28H,11H2,1-3H3,(H2,22,29). The molecule has 3 aromatic rings. The molecule has 3 N–H and O–H groups in total. The Morgan fingerprint density at radius 3 is 2.52 bits per heavy atom. The fourth-order valence-corrected chi connectivity index (χ4v) is 2.83. The molecule has 2 unspecified atom stereocenters. The first-order valence-electron chi connectivity index (χ1n) is 9.43. The van der Waals surface area contributed by atoms with Crippen LogP contribution in [0.25, 0.3) is 11.4 Å². The molecule has 0 aliphatic heterocycles. The number of rotatable bonds is 7. The molecule has 0 spiro atoms. The van der Waals surface area contributed by atoms with Gasteiger partial charge in [-0.1, -0.05) is 32.4 Å². The number of nitrogens with two attached hydrogens (primary N) is 1. The lowest BCUT2D eigenvalue weighted by molar-refractivity contribution is -0.0583. The highest BCUT2D eigenvalue weighted by Crippen LogP contribution is 2.25. The van der Waals surface area contributed by atoms with Gasteiger partial charge in [0.05, 0.1) is 11.1 Å². The van der Waals surface area contributed by atoms with E-state index in [2.05, 4.69) is 20.4 Å². The number of benzene rings is 1. The van der Waals surface area contributed by atoms with E-state index < -0.39 is 23.7 Å². The predicted molar refractivity (Wildman–Crippen MR) is 112 cm³/mol. The number of carbonyl (C=O) groups excluding carboxylic acids is 1. The van der Waals surface area contributed by atoms with Crippen molar-refractivity contribution in [2.75, 3.05) is 0 Å². The number of aliphatic hydroxyl groups is 1. The molecule has 10 nitrogen and oxygen atoms in total. The number of amides is 1. The van der Waals surface area contributed by atoms with Crippen molar-refractivity contribution >= 4 is 17.7 Å². The summed E-state index contributed by atoms with van der Waals surface area (Å²) in [7, 11) is 0. The summed E-state index contributed by atoms with van der Waals surface area (Å²) in [6.45, 7) is 5.45. The number of primary amides is 1. The highest BCUT2D eigenvalue weighted by Gasteiger charge is 2.34. The Balaban J connectivity index is 1.70. The molecule has 2 atom stereocenters. The van der Waals surface area contributed by atoms with Crippen LogP contribution in [-0.2, 0) is 11.3 Å². The minimum Gasteiger partial charge on any atom is -0.442 e. The lowest BCUT2D eigenvalue weighted by atomic mass is 9.86. The third kappa shape index (κ3) is 6.12. The largest absolute Gasteiger partial charge is 0.442 e. The van der Waals surface area contributed by atoms with Crippen LogP contribution in [-0.4, -0.2) is 48.6 Å². The average molecular weight is 447 g/mol. The first-order chi connectivity index (χ1) is 14.6. The van der Waals surface area contributed by atoms with Gasteiger partial charge in [-0.25, -0.2) is 9.78 Å². The average Bonchev–Trinajstić information content (AvgIpc) is 3.17. The Hall–Kier alpha value is -3.24. The van der Waals surface area contributed by atoms with Crippen LogP contribution in [0.2, 0.25) is 5.02 Å². The molecule has 11 heteroatoms. The molecule has 1 amide bonds. The Labute approximate surface area is 183 Å². The van der Waals surface area contributed by atoms with Crippen molar-refractivity contribution in [3.63, 3.8) is 0 Å². The van der Waals surface area contributed by atoms with E-state index in [1.807, 2.05) is 20.8 Å². The van der Waals surface area contributed by atoms with Crippen LogP contribution in [0.5, 0.6) is 11.6 Å². The van der Waals surface area contributed by atoms with Crippen molar-refractivity contribution in [2.24, 2.45) is 11.1 Å². The first-order valence-corrected chi connectivity index (χ1v) is 9.81. The monoisotopic (exact) mass is 446 g/mol. The number of hydrogen-bond donors (Lipinski definition) is 2. The number of ether oxygens (including phenoxy) is 2. The van der Waals surface area contributed by atoms with Crippen LogP contribution in [0.15, 0.2) is 42.6 Å². The Morgan fingerprint density at radius 2 is 1.94 bits per heavy atom. The Kier molecular flexibility index (Phi) is 6.71. The first kappa shape index (κ1) is 22.4. The SMILES string of the molecule is CC(C)(C)C(O)C(Cn1nnc(-c2ccc(Oc3ccc(Cl)cn3)cc2)n1)OC(N)=O. The van der Waals surface area contributed by atoms with Gasteiger partial charge in [0.2, 0.25) is 11.7 Å². The summed E-state index contributed by atoms with van der Waals surface area (Å²) in [6, 6.07) is 10.4. The number of hydrogen-bond acceptors (Lipinski definition) is 8. The summed E-state index contributed by atoms with van der Waals surface area (Å²) in [4.78, 5) is 16.6. The summed E-state index contributed by atoms with van der Waals surface area (Å²) in [5.74, 6) is 1.35. The lowest BCUT2D eigenvalue weighted by Gasteiger charge is -2.31. The molecule has 164 valence electrons. The molecule has 0 aliphatic carbocycles. The molecule has 0 radical (unpaired) electrons. The summed E-state index contributed by atoms with van der Waals surface area (Å²) < 4.78 is 10.7. The maximum Gasteiger partial charge on any atom is 0.404 e. The summed E-state index contributed by atoms with van der Waals surface area (Å²) in [6.07, 6.45) is -1.40. The third-order valence-corrected chi connectivity index (χ3v) is 4.56. The third-order valence-electron chi connectivity index (χ3n) is 4.34. The number of nitrogens with zero attached hydrogens (tertiary/aromatic N) is 5. The topological polar surface area (TPSA) is 138 Å². The lowest BCUT2D eigenvalue weighted by Crippen LogP contribution is -2.44. The highest BCUT2D eigenvalue weighted by atomic mass is 35.5. The molecule has 0 bridgehead atoms. The van der Waals surface area contributed by atoms with Crippen molar-refractivity contribution < 1.29 is 19.4 Å². The van der Waals surface area contributed by atoms with Gasteiger partial charge in [-0.15, -0.1) is 10.2 Å². The smallest absolute Gasteiger partial charge is 0.404 e. The van der Waals surface area contributed by atoms with Crippen molar-refractivity contribution in [2.45, 2.75) is 39.5 Å². The van der Waals surface area contributed by atoms with E-state index in [1.165, 1.54) is 11.0 Å². The molecule has 0 saturated carbocycles. The van der Waals surface area contributed by atoms with Gasteiger partial charge in [-0.3, -0.25) is 0 Å². The van der Waals surface area contributed by atoms with Crippen LogP contribution >= 0.6 is 11.6 Å². The van der Waals surface area contributed by atoms with E-state index in [0.717, 1.165) is 0 Å². The zero-order valence-electron chi connectivity index (χ0n) is 17.3. The minimum atomic E-state index is -0.987. The fourth-order valence-electron chi connectivity index (χ4n) is 2.72. The second kappa shape index (κ2) is 9.27. The van der Waals surface area contributed by atoms with Crippen molar-refractivity contribution in [3.8, 4) is 23.0 Å². The summed E-state index contributed by atoms with van der Waals surface area (Å²) >= 11 is 5.82. The zero-order chi connectivity index (χ0) is 22.6. The quantitative estimate of drug-likeness (QED) is 0.564. The molecule has 0 fully saturated rings. The summed E-state index contributed by atoms with van der Waals surface area (Å²) in [5.41, 5.74) is 5.30. The van der Waals surface area contributed by atoms with Crippen LogP contribution in [0, 0.1) is 5.41 Å². The molecule has 2 heterocycles. The van der Waals surface area contributed by atoms with Crippen LogP contribution in [0.1, 0.15) is 20.8 Å². The summed E-state index contributed by atoms with van der Waals surface area (Å²) in [5, 5.41) is 23.3. The number of aromatic nitrogens is 5. The predicted octanol–water partition coefficient (Wildman–Crippen LogP) is 3.05. The van der Waals surface area contributed by atoms with Crippen molar-refractivity contribution in [1.82, 2.24) is 25.2 Å². The van der Waals surface area contributed by atoms with E-state index >= 15 is 0 Å². The van der Waals surface area contributed by atoms with Crippen LogP contribution in [0.4, 0.5) is 4.79 Å². The number of carbonyl (C=O) groups is 1. The number of tetrazole rings is 1. The van der Waals surface area contributed by atoms with Gasteiger partial charge in [-0.05, 0) is 41.0 Å². The van der Waals surface area contributed by atoms with Gasteiger partial charge in [0.25, 0.3) is 0 Å². The molecule has 31 heavy (non-hydrogen) atoms. The fraction of sp³-hybridized carbons (Fsp3) is 0.350. The number of aliphatic hydroxyl groups excluding tert-OH is 1. The molecular weight excluding hydrogens is 424 g/mol. The molecule has 1 aromatic carbocycles. The molecule has 0 saturated heterocycles. The Bertz CT molecular complexity index is 1020.